The number of nitrogens with zero attached hydrogens (tertiary/aromatic N) is 4. The fourth-order valence-corrected chi connectivity index (χ4v) is 9.20. The van der Waals surface area contributed by atoms with Crippen molar-refractivity contribution in [1.82, 2.24) is 14.8 Å². The third-order valence-electron chi connectivity index (χ3n) is 10.8. The van der Waals surface area contributed by atoms with Gasteiger partial charge in [0.05, 0.1) is 5.33 Å². The predicted molar refractivity (Wildman–Crippen MR) is 296 cm³/mol. The van der Waals surface area contributed by atoms with Crippen LogP contribution in [0, 0.1) is 0 Å². The Morgan fingerprint density at radius 1 is 0.786 bits per heavy atom. The maximum absolute atomic E-state index is 12.9. The van der Waals surface area contributed by atoms with E-state index in [1.165, 1.54) is 75.0 Å². The van der Waals surface area contributed by atoms with Crippen LogP contribution < -0.4 is 50.5 Å². The molecule has 5 aromatic rings. The third kappa shape index (κ3) is 16.7. The number of fused-ring (bicyclic) bond motifs is 2. The normalized spacial score (nSPS) is 14.5. The lowest BCUT2D eigenvalue weighted by molar-refractivity contribution is 0.102. The third-order valence-corrected chi connectivity index (χ3v) is 13.1. The van der Waals surface area contributed by atoms with E-state index in [-0.39, 0.29) is 48.3 Å². The molecule has 0 aliphatic carbocycles. The van der Waals surface area contributed by atoms with Gasteiger partial charge in [-0.2, -0.15) is 14.9 Å². The first kappa shape index (κ1) is 55.7. The standard InChI is InChI=1S/C23H24N4O4S.C16H24N4OS2.C9H7BrO3.CH4.H3P/c24-22-21(20(28)15-3-8-18-19(13-15)31-14-30-18)32-23(26-22)25-16-4-6-17(7-5-16)29-12-11-27-9-1-2-10-27;1-2-23-15(17)19-16(22)18-13-5-7-14(8-6-13)21-12-11-20-9-3-4-10-20;10-4-7(11)6-1-2-8-9(3-6)13-5-12-8;;/h3-8,13H,1-2,9-12,14,24H2,(H,25,26);5-8H,2-4,9-12H2,1H3,(H3,17,18,19,22);1-3H,4-5H2;1H4;1H3. The molecule has 21 heteroatoms. The number of thiazole rings is 1. The number of rotatable bonds is 16. The molecule has 16 nitrogen and oxygen atoms in total. The molecule has 4 aliphatic heterocycles. The average molecular weight is 1100 g/mol. The van der Waals surface area contributed by atoms with Crippen molar-refractivity contribution in [2.75, 3.05) is 93.5 Å². The lowest BCUT2D eigenvalue weighted by atomic mass is 10.1. The lowest BCUT2D eigenvalue weighted by Gasteiger charge is -2.15. The Balaban J connectivity index is 0.000000210. The van der Waals surface area contributed by atoms with Gasteiger partial charge in [0.15, 0.2) is 44.2 Å². The van der Waals surface area contributed by atoms with Gasteiger partial charge in [0, 0.05) is 35.6 Å². The number of carbonyl (C=O) groups is 2. The summed E-state index contributed by atoms with van der Waals surface area (Å²) < 4.78 is 32.5. The summed E-state index contributed by atoms with van der Waals surface area (Å²) in [5, 5.41) is 7.98. The molecular weight excluding hydrogens is 1040 g/mol. The summed E-state index contributed by atoms with van der Waals surface area (Å²) in [6, 6.07) is 25.7. The van der Waals surface area contributed by atoms with Crippen LogP contribution >= 0.6 is 61.1 Å². The number of carbonyl (C=O) groups excluding carboxylic acids is 2. The summed E-state index contributed by atoms with van der Waals surface area (Å²) >= 11 is 11.0. The van der Waals surface area contributed by atoms with E-state index >= 15 is 0 Å². The number of thiocarbonyl (C=S) groups is 1. The van der Waals surface area contributed by atoms with Gasteiger partial charge in [-0.1, -0.05) is 53.4 Å². The van der Waals surface area contributed by atoms with Crippen molar-refractivity contribution in [3.63, 3.8) is 0 Å². The Bertz CT molecular complexity index is 2510. The van der Waals surface area contributed by atoms with Gasteiger partial charge in [-0.15, -0.1) is 0 Å². The minimum Gasteiger partial charge on any atom is -0.492 e. The van der Waals surface area contributed by atoms with Crippen molar-refractivity contribution < 1.29 is 38.0 Å². The van der Waals surface area contributed by atoms with E-state index in [0.717, 1.165) is 48.3 Å². The smallest absolute Gasteiger partial charge is 0.231 e. The molecule has 0 radical (unpaired) electrons. The molecule has 0 amide bonds. The number of likely N-dealkylation sites (tertiary alicyclic amines) is 2. The number of thioether (sulfide) groups is 1. The first-order valence-electron chi connectivity index (χ1n) is 22.3. The van der Waals surface area contributed by atoms with E-state index in [9.17, 15) is 9.59 Å². The number of nitrogens with one attached hydrogen (secondary N) is 2. The number of benzene rings is 4. The fraction of sp³-hybridized carbons (Fsp3) is 0.367. The highest BCUT2D eigenvalue weighted by Gasteiger charge is 2.22. The van der Waals surface area contributed by atoms with E-state index in [1.54, 1.807) is 36.4 Å². The van der Waals surface area contributed by atoms with Crippen LogP contribution in [-0.2, 0) is 0 Å². The minimum atomic E-state index is -0.201. The largest absolute Gasteiger partial charge is 0.492 e. The first-order chi connectivity index (χ1) is 33.1. The number of ketones is 2. The summed E-state index contributed by atoms with van der Waals surface area (Å²) in [6.45, 7) is 10.5. The van der Waals surface area contributed by atoms with E-state index in [4.69, 9.17) is 52.1 Å². The molecule has 0 spiro atoms. The van der Waals surface area contributed by atoms with E-state index < -0.39 is 0 Å². The molecule has 0 bridgehead atoms. The molecule has 4 aromatic carbocycles. The van der Waals surface area contributed by atoms with Crippen LogP contribution in [-0.4, -0.2) is 114 Å². The van der Waals surface area contributed by atoms with Crippen LogP contribution in [0.1, 0.15) is 65.6 Å². The Morgan fingerprint density at radius 3 is 1.81 bits per heavy atom. The molecule has 70 heavy (non-hydrogen) atoms. The highest BCUT2D eigenvalue weighted by Crippen LogP contribution is 2.36. The number of aromatic nitrogens is 1. The number of amidine groups is 1. The minimum absolute atomic E-state index is 0. The van der Waals surface area contributed by atoms with Gasteiger partial charge in [-0.25, -0.2) is 4.98 Å². The van der Waals surface area contributed by atoms with Crippen molar-refractivity contribution in [3.8, 4) is 34.5 Å². The second kappa shape index (κ2) is 28.6. The molecule has 9 rings (SSSR count). The highest BCUT2D eigenvalue weighted by atomic mass is 79.9. The number of halogens is 1. The van der Waals surface area contributed by atoms with Gasteiger partial charge in [0.25, 0.3) is 0 Å². The SMILES string of the molecule is C.CCSC(N)=NC(=S)Nc1ccc(OCCN2CCCC2)cc1.Nc1nc(Nc2ccc(OCCN3CCCC3)cc2)sc1C(=O)c1ccc2c(c1)OCO2.O=C(CBr)c1ccc2c(c1)OCO2.P. The van der Waals surface area contributed by atoms with Crippen molar-refractivity contribution in [1.29, 1.82) is 0 Å². The van der Waals surface area contributed by atoms with Crippen LogP contribution in [0.25, 0.3) is 0 Å². The molecule has 1 aromatic heterocycles. The van der Waals surface area contributed by atoms with Crippen molar-refractivity contribution in [2.24, 2.45) is 10.7 Å². The summed E-state index contributed by atoms with van der Waals surface area (Å²) in [5.74, 6) is 5.13. The Kier molecular flexibility index (Phi) is 22.8. The topological polar surface area (TPSA) is 197 Å². The zero-order valence-electron chi connectivity index (χ0n) is 38.4. The van der Waals surface area contributed by atoms with Crippen LogP contribution in [0.5, 0.6) is 34.5 Å². The Morgan fingerprint density at radius 2 is 1.29 bits per heavy atom. The number of nitrogen functional groups attached to an aromatic ring is 1. The number of Topliss-reactive ketones (excluding diaryl/α,β-unsaturated/α-hetero) is 1. The molecule has 4 aliphatic rings. The van der Waals surface area contributed by atoms with Gasteiger partial charge in [0.2, 0.25) is 19.4 Å². The molecular formula is C49H62BrN8O8PS3. The van der Waals surface area contributed by atoms with Crippen molar-refractivity contribution in [2.45, 2.75) is 40.0 Å². The van der Waals surface area contributed by atoms with Gasteiger partial charge < -0.3 is 50.5 Å². The predicted octanol–water partition coefficient (Wildman–Crippen LogP) is 9.52. The van der Waals surface area contributed by atoms with Gasteiger partial charge in [-0.3, -0.25) is 19.4 Å². The molecule has 1 unspecified atom stereocenters. The second-order valence-electron chi connectivity index (χ2n) is 15.5. The molecule has 2 saturated heterocycles. The first-order valence-corrected chi connectivity index (χ1v) is 25.6. The van der Waals surface area contributed by atoms with E-state index in [2.05, 4.69) is 46.3 Å². The fourth-order valence-electron chi connectivity index (χ4n) is 7.29. The van der Waals surface area contributed by atoms with E-state index in [0.29, 0.717) is 66.4 Å². The van der Waals surface area contributed by atoms with Crippen molar-refractivity contribution in [3.05, 3.63) is 101 Å². The van der Waals surface area contributed by atoms with Crippen LogP contribution in [0.4, 0.5) is 22.3 Å². The summed E-state index contributed by atoms with van der Waals surface area (Å²) in [4.78, 5) is 37.9. The van der Waals surface area contributed by atoms with Crippen LogP contribution in [0.15, 0.2) is 89.9 Å². The zero-order chi connectivity index (χ0) is 47.7. The summed E-state index contributed by atoms with van der Waals surface area (Å²) in [7, 11) is 0. The number of aliphatic imine (C=N–C) groups is 1. The Labute approximate surface area is 435 Å². The molecule has 6 N–H and O–H groups in total. The molecule has 2 fully saturated rings. The van der Waals surface area contributed by atoms with Gasteiger partial charge in [0.1, 0.15) is 35.4 Å². The maximum atomic E-state index is 12.9. The second-order valence-corrected chi connectivity index (χ2v) is 18.8. The monoisotopic (exact) mass is 1100 g/mol. The number of hydrogen-bond donors (Lipinski definition) is 4. The summed E-state index contributed by atoms with van der Waals surface area (Å²) in [6.07, 6.45) is 5.19. The number of alkyl halides is 1. The van der Waals surface area contributed by atoms with Gasteiger partial charge >= 0.3 is 0 Å². The quantitative estimate of drug-likeness (QED) is 0.0182. The van der Waals surface area contributed by atoms with Crippen LogP contribution in [0.3, 0.4) is 0 Å². The van der Waals surface area contributed by atoms with E-state index in [1.807, 2.05) is 55.5 Å². The maximum Gasteiger partial charge on any atom is 0.231 e. The molecule has 0 saturated carbocycles. The number of nitrogens with two attached hydrogens (primary N) is 2. The number of ether oxygens (including phenoxy) is 6. The average Bonchev–Trinajstić information content (AvgIpc) is 4.22. The number of anilines is 4. The summed E-state index contributed by atoms with van der Waals surface area (Å²) in [5.41, 5.74) is 14.6. The van der Waals surface area contributed by atoms with Crippen LogP contribution in [0.2, 0.25) is 0 Å². The lowest BCUT2D eigenvalue weighted by Crippen LogP contribution is -2.25. The molecule has 5 heterocycles. The zero-order valence-corrected chi connectivity index (χ0v) is 43.9. The molecule has 376 valence electrons. The molecule has 1 atom stereocenters. The highest BCUT2D eigenvalue weighted by molar-refractivity contribution is 9.09. The van der Waals surface area contributed by atoms with Crippen molar-refractivity contribution >= 4 is 105 Å². The Hall–Kier alpha value is -5.21. The number of hydrogen-bond acceptors (Lipinski definition) is 16. The van der Waals surface area contributed by atoms with Gasteiger partial charge in [-0.05, 0) is 155 Å².